The molecule has 1 fully saturated rings. The van der Waals surface area contributed by atoms with Crippen LogP contribution in [-0.4, -0.2) is 48.1 Å². The van der Waals surface area contributed by atoms with E-state index < -0.39 is 6.04 Å². The summed E-state index contributed by atoms with van der Waals surface area (Å²) in [6, 6.07) is -0.771. The molecule has 1 aliphatic heterocycles. The van der Waals surface area contributed by atoms with Crippen molar-refractivity contribution in [1.29, 1.82) is 0 Å². The quantitative estimate of drug-likeness (QED) is 0.788. The fourth-order valence-electron chi connectivity index (χ4n) is 2.30. The monoisotopic (exact) mass is 270 g/mol. The zero-order valence-electron chi connectivity index (χ0n) is 12.6. The Hall–Kier alpha value is -1.10. The van der Waals surface area contributed by atoms with Crippen molar-refractivity contribution < 1.29 is 14.3 Å². The van der Waals surface area contributed by atoms with Gasteiger partial charge in [0.25, 0.3) is 0 Å². The molecule has 1 aliphatic rings. The van der Waals surface area contributed by atoms with Crippen LogP contribution in [0.2, 0.25) is 0 Å². The van der Waals surface area contributed by atoms with E-state index in [2.05, 4.69) is 5.32 Å². The summed E-state index contributed by atoms with van der Waals surface area (Å²) < 4.78 is 5.49. The maximum atomic E-state index is 12.4. The lowest BCUT2D eigenvalue weighted by molar-refractivity contribution is -0.151. The van der Waals surface area contributed by atoms with Gasteiger partial charge >= 0.3 is 0 Å². The fourth-order valence-corrected chi connectivity index (χ4v) is 2.30. The first-order valence-electron chi connectivity index (χ1n) is 7.10. The maximum absolute atomic E-state index is 12.4. The van der Waals surface area contributed by atoms with Crippen molar-refractivity contribution in [3.63, 3.8) is 0 Å². The summed E-state index contributed by atoms with van der Waals surface area (Å²) in [7, 11) is 0. The summed E-state index contributed by atoms with van der Waals surface area (Å²) in [5.41, 5.74) is 0. The normalized spacial score (nSPS) is 24.3. The van der Waals surface area contributed by atoms with Crippen molar-refractivity contribution in [2.45, 2.75) is 59.2 Å². The second-order valence-corrected chi connectivity index (χ2v) is 5.61. The summed E-state index contributed by atoms with van der Waals surface area (Å²) in [4.78, 5) is 26.1. The number of hydrogen-bond donors (Lipinski definition) is 1. The van der Waals surface area contributed by atoms with Gasteiger partial charge in [-0.3, -0.25) is 9.59 Å². The lowest BCUT2D eigenvalue weighted by Gasteiger charge is -2.40. The first kappa shape index (κ1) is 16.0. The molecule has 0 aromatic heterocycles. The molecule has 1 saturated heterocycles. The van der Waals surface area contributed by atoms with E-state index in [1.54, 1.807) is 4.90 Å². The van der Waals surface area contributed by atoms with Gasteiger partial charge in [-0.2, -0.15) is 0 Å². The first-order chi connectivity index (χ1) is 8.88. The molecule has 1 rings (SSSR count). The van der Waals surface area contributed by atoms with Crippen LogP contribution in [0.1, 0.15) is 41.0 Å². The van der Waals surface area contributed by atoms with Crippen molar-refractivity contribution in [3.8, 4) is 0 Å². The largest absolute Gasteiger partial charge is 0.377 e. The number of carbonyl (C=O) groups excluding carboxylic acids is 2. The standard InChI is InChI=1S/C14H26N2O3/c1-6-11-13(17)15-12(9(2)3)14(18)16(11)7-8-19-10(4)5/h9-12H,6-8H2,1-5H3,(H,15,17). The highest BCUT2D eigenvalue weighted by molar-refractivity contribution is 5.97. The third-order valence-electron chi connectivity index (χ3n) is 3.36. The van der Waals surface area contributed by atoms with Gasteiger partial charge in [-0.1, -0.05) is 20.8 Å². The van der Waals surface area contributed by atoms with Crippen LogP contribution >= 0.6 is 0 Å². The smallest absolute Gasteiger partial charge is 0.246 e. The van der Waals surface area contributed by atoms with Gasteiger partial charge in [-0.05, 0) is 26.2 Å². The molecule has 2 amide bonds. The minimum Gasteiger partial charge on any atom is -0.377 e. The molecule has 0 saturated carbocycles. The van der Waals surface area contributed by atoms with E-state index in [9.17, 15) is 9.59 Å². The Morgan fingerprint density at radius 1 is 1.26 bits per heavy atom. The van der Waals surface area contributed by atoms with Crippen LogP contribution < -0.4 is 5.32 Å². The van der Waals surface area contributed by atoms with E-state index in [1.165, 1.54) is 0 Å². The van der Waals surface area contributed by atoms with Gasteiger partial charge in [0.2, 0.25) is 11.8 Å². The molecule has 2 unspecified atom stereocenters. The fraction of sp³-hybridized carbons (Fsp3) is 0.857. The molecule has 0 aromatic carbocycles. The summed E-state index contributed by atoms with van der Waals surface area (Å²) in [5.74, 6) is 0.0573. The van der Waals surface area contributed by atoms with E-state index >= 15 is 0 Å². The highest BCUT2D eigenvalue weighted by Gasteiger charge is 2.40. The van der Waals surface area contributed by atoms with Gasteiger partial charge in [0, 0.05) is 6.54 Å². The average Bonchev–Trinajstić information content (AvgIpc) is 2.32. The molecule has 0 bridgehead atoms. The van der Waals surface area contributed by atoms with Crippen LogP contribution in [0.5, 0.6) is 0 Å². The van der Waals surface area contributed by atoms with Crippen molar-refractivity contribution in [2.24, 2.45) is 5.92 Å². The van der Waals surface area contributed by atoms with Gasteiger partial charge in [-0.25, -0.2) is 0 Å². The third-order valence-corrected chi connectivity index (χ3v) is 3.36. The summed E-state index contributed by atoms with van der Waals surface area (Å²) in [5, 5.41) is 2.82. The molecule has 1 N–H and O–H groups in total. The highest BCUT2D eigenvalue weighted by atomic mass is 16.5. The average molecular weight is 270 g/mol. The molecule has 110 valence electrons. The molecular weight excluding hydrogens is 244 g/mol. The Morgan fingerprint density at radius 2 is 1.89 bits per heavy atom. The molecule has 5 nitrogen and oxygen atoms in total. The minimum absolute atomic E-state index is 0.00815. The van der Waals surface area contributed by atoms with Crippen LogP contribution in [0.25, 0.3) is 0 Å². The van der Waals surface area contributed by atoms with Crippen LogP contribution in [0, 0.1) is 5.92 Å². The molecule has 0 aliphatic carbocycles. The van der Waals surface area contributed by atoms with Gasteiger partial charge in [-0.15, -0.1) is 0 Å². The Balaban J connectivity index is 2.75. The van der Waals surface area contributed by atoms with E-state index in [0.717, 1.165) is 0 Å². The second-order valence-electron chi connectivity index (χ2n) is 5.61. The maximum Gasteiger partial charge on any atom is 0.246 e. The lowest BCUT2D eigenvalue weighted by Crippen LogP contribution is -2.65. The Bertz CT molecular complexity index is 329. The summed E-state index contributed by atoms with van der Waals surface area (Å²) in [6.45, 7) is 10.7. The van der Waals surface area contributed by atoms with Crippen molar-refractivity contribution in [3.05, 3.63) is 0 Å². The predicted molar refractivity (Wildman–Crippen MR) is 73.6 cm³/mol. The van der Waals surface area contributed by atoms with E-state index in [4.69, 9.17) is 4.74 Å². The second kappa shape index (κ2) is 6.89. The molecule has 1 heterocycles. The lowest BCUT2D eigenvalue weighted by atomic mass is 9.97. The molecule has 19 heavy (non-hydrogen) atoms. The van der Waals surface area contributed by atoms with Gasteiger partial charge < -0.3 is 15.0 Å². The Labute approximate surface area is 115 Å². The van der Waals surface area contributed by atoms with E-state index in [1.807, 2.05) is 34.6 Å². The van der Waals surface area contributed by atoms with Crippen LogP contribution in [0.15, 0.2) is 0 Å². The van der Waals surface area contributed by atoms with Crippen molar-refractivity contribution >= 4 is 11.8 Å². The Morgan fingerprint density at radius 3 is 2.37 bits per heavy atom. The molecule has 0 spiro atoms. The van der Waals surface area contributed by atoms with Crippen molar-refractivity contribution in [1.82, 2.24) is 10.2 Å². The van der Waals surface area contributed by atoms with Crippen LogP contribution in [-0.2, 0) is 14.3 Å². The van der Waals surface area contributed by atoms with Crippen LogP contribution in [0.4, 0.5) is 0 Å². The predicted octanol–water partition coefficient (Wildman–Crippen LogP) is 1.17. The van der Waals surface area contributed by atoms with E-state index in [0.29, 0.717) is 19.6 Å². The molecule has 2 atom stereocenters. The minimum atomic E-state index is -0.408. The zero-order valence-corrected chi connectivity index (χ0v) is 12.6. The molecule has 0 radical (unpaired) electrons. The first-order valence-corrected chi connectivity index (χ1v) is 7.10. The SMILES string of the molecule is CCC1C(=O)NC(C(C)C)C(=O)N1CCOC(C)C. The number of nitrogens with zero attached hydrogens (tertiary/aromatic N) is 1. The number of piperazine rings is 1. The number of carbonyl (C=O) groups is 2. The number of nitrogens with one attached hydrogen (secondary N) is 1. The molecule has 5 heteroatoms. The van der Waals surface area contributed by atoms with Gasteiger partial charge in [0.15, 0.2) is 0 Å². The molecular formula is C14H26N2O3. The number of ether oxygens (including phenoxy) is 1. The van der Waals surface area contributed by atoms with Gasteiger partial charge in [0.1, 0.15) is 12.1 Å². The zero-order chi connectivity index (χ0) is 14.6. The van der Waals surface area contributed by atoms with Crippen molar-refractivity contribution in [2.75, 3.05) is 13.2 Å². The summed E-state index contributed by atoms with van der Waals surface area (Å²) >= 11 is 0. The third kappa shape index (κ3) is 3.93. The van der Waals surface area contributed by atoms with E-state index in [-0.39, 0.29) is 29.9 Å². The highest BCUT2D eigenvalue weighted by Crippen LogP contribution is 2.17. The van der Waals surface area contributed by atoms with Crippen LogP contribution in [0.3, 0.4) is 0 Å². The number of hydrogen-bond acceptors (Lipinski definition) is 3. The number of amides is 2. The Kier molecular flexibility index (Phi) is 5.79. The number of rotatable bonds is 6. The van der Waals surface area contributed by atoms with Gasteiger partial charge in [0.05, 0.1) is 12.7 Å². The topological polar surface area (TPSA) is 58.6 Å². The molecule has 0 aromatic rings. The summed E-state index contributed by atoms with van der Waals surface area (Å²) in [6.07, 6.45) is 0.763.